The van der Waals surface area contributed by atoms with Gasteiger partial charge in [0.05, 0.1) is 5.52 Å². The van der Waals surface area contributed by atoms with Gasteiger partial charge in [-0.25, -0.2) is 0 Å². The number of nitrogens with zero attached hydrogens (tertiary/aromatic N) is 1. The molecule has 0 aliphatic rings. The molecule has 62 valence electrons. The zero-order valence-electron chi connectivity index (χ0n) is 6.00. The fourth-order valence-electron chi connectivity index (χ4n) is 1.17. The number of hydrogen-bond donors (Lipinski definition) is 0. The highest BCUT2D eigenvalue weighted by Gasteiger charge is 2.02. The van der Waals surface area contributed by atoms with Gasteiger partial charge in [0.2, 0.25) is 0 Å². The molecule has 12 heavy (non-hydrogen) atoms. The maximum absolute atomic E-state index is 12.3. The third kappa shape index (κ3) is 1.15. The van der Waals surface area contributed by atoms with E-state index in [1.807, 2.05) is 24.3 Å². The molecule has 0 saturated heterocycles. The van der Waals surface area contributed by atoms with Crippen molar-refractivity contribution in [2.75, 3.05) is 0 Å². The number of rotatable bonds is 1. The van der Waals surface area contributed by atoms with Crippen molar-refractivity contribution in [2.45, 2.75) is 0 Å². The highest BCUT2D eigenvalue weighted by atomic mass is 79.9. The van der Waals surface area contributed by atoms with Gasteiger partial charge in [0.15, 0.2) is 12.3 Å². The fraction of sp³-hybridized carbons (Fsp3) is 0. The molecule has 0 spiro atoms. The van der Waals surface area contributed by atoms with Crippen molar-refractivity contribution in [2.24, 2.45) is 0 Å². The average Bonchev–Trinajstić information content (AvgIpc) is 2.49. The van der Waals surface area contributed by atoms with Crippen LogP contribution in [0, 0.1) is 0 Å². The molecule has 0 radical (unpaired) electrons. The minimum Gasteiger partial charge on any atom is -0.264 e. The van der Waals surface area contributed by atoms with Crippen LogP contribution in [0.2, 0.25) is 0 Å². The first-order valence-corrected chi connectivity index (χ1v) is 4.84. The van der Waals surface area contributed by atoms with Crippen LogP contribution in [0.1, 0.15) is 0 Å². The van der Waals surface area contributed by atoms with Crippen LogP contribution in [0.5, 0.6) is 0 Å². The van der Waals surface area contributed by atoms with Gasteiger partial charge < -0.3 is 0 Å². The van der Waals surface area contributed by atoms with E-state index in [4.69, 9.17) is 0 Å². The normalized spacial score (nSPS) is 10.8. The monoisotopic (exact) mass is 245 g/mol. The van der Waals surface area contributed by atoms with Crippen LogP contribution < -0.4 is 0 Å². The Balaban J connectivity index is 2.80. The zero-order chi connectivity index (χ0) is 8.55. The van der Waals surface area contributed by atoms with Crippen LogP contribution >= 0.6 is 28.3 Å². The highest BCUT2D eigenvalue weighted by Crippen LogP contribution is 2.27. The molecule has 0 aliphatic carbocycles. The van der Waals surface area contributed by atoms with E-state index >= 15 is 0 Å². The van der Waals surface area contributed by atoms with Gasteiger partial charge in [0.25, 0.3) is 0 Å². The van der Waals surface area contributed by atoms with Crippen LogP contribution in [-0.2, 0) is 0 Å². The van der Waals surface area contributed by atoms with E-state index in [-0.39, 0.29) is 12.3 Å². The number of hydrogen-bond acceptors (Lipinski definition) is 1. The summed E-state index contributed by atoms with van der Waals surface area (Å²) in [7, 11) is 0. The summed E-state index contributed by atoms with van der Waals surface area (Å²) in [5.41, 5.74) is 0.886. The third-order valence-electron chi connectivity index (χ3n) is 1.72. The Hall–Kier alpha value is -0.480. The average molecular weight is 246 g/mol. The zero-order valence-corrected chi connectivity index (χ0v) is 8.40. The Kier molecular flexibility index (Phi) is 2.11. The molecule has 0 aliphatic heterocycles. The molecule has 2 rings (SSSR count). The van der Waals surface area contributed by atoms with Crippen LogP contribution in [0.3, 0.4) is 0 Å². The number of fused-ring (bicyclic) bond motifs is 1. The Morgan fingerprint density at radius 1 is 1.33 bits per heavy atom. The van der Waals surface area contributed by atoms with Crippen molar-refractivity contribution >= 4 is 39.2 Å². The van der Waals surface area contributed by atoms with E-state index in [2.05, 4.69) is 15.9 Å². The molecule has 1 aromatic carbocycles. The summed E-state index contributed by atoms with van der Waals surface area (Å²) in [6.07, 6.45) is 1.71. The van der Waals surface area contributed by atoms with Gasteiger partial charge in [-0.1, -0.05) is 22.0 Å². The van der Waals surface area contributed by atoms with E-state index in [9.17, 15) is 3.89 Å². The number of halogens is 2. The van der Waals surface area contributed by atoms with Crippen molar-refractivity contribution < 1.29 is 3.89 Å². The van der Waals surface area contributed by atoms with Gasteiger partial charge in [-0.2, -0.15) is 0 Å². The Morgan fingerprint density at radius 2 is 2.17 bits per heavy atom. The molecule has 0 N–H and O–H groups in total. The van der Waals surface area contributed by atoms with E-state index in [1.54, 1.807) is 6.20 Å². The SMILES string of the molecule is FSn1ccc2c(Br)cccc21. The third-order valence-corrected chi connectivity index (χ3v) is 2.88. The minimum atomic E-state index is 0.209. The second-order valence-corrected chi connectivity index (χ2v) is 3.77. The van der Waals surface area contributed by atoms with E-state index in [0.29, 0.717) is 0 Å². The van der Waals surface area contributed by atoms with Gasteiger partial charge in [0.1, 0.15) is 0 Å². The smallest absolute Gasteiger partial charge is 0.169 e. The highest BCUT2D eigenvalue weighted by molar-refractivity contribution is 9.10. The van der Waals surface area contributed by atoms with Gasteiger partial charge in [-0.05, 0) is 18.2 Å². The molecule has 2 aromatic rings. The molecular weight excluding hydrogens is 241 g/mol. The molecule has 0 fully saturated rings. The summed E-state index contributed by atoms with van der Waals surface area (Å²) >= 11 is 3.60. The molecule has 4 heteroatoms. The van der Waals surface area contributed by atoms with Crippen molar-refractivity contribution in [3.63, 3.8) is 0 Å². The molecule has 1 heterocycles. The van der Waals surface area contributed by atoms with Gasteiger partial charge in [-0.15, -0.1) is 3.89 Å². The first-order chi connectivity index (χ1) is 5.83. The molecule has 0 amide bonds. The predicted octanol–water partition coefficient (Wildman–Crippen LogP) is 3.78. The largest absolute Gasteiger partial charge is 0.264 e. The van der Waals surface area contributed by atoms with Gasteiger partial charge in [-0.3, -0.25) is 3.97 Å². The maximum Gasteiger partial charge on any atom is 0.169 e. The van der Waals surface area contributed by atoms with Crippen molar-refractivity contribution in [3.8, 4) is 0 Å². The van der Waals surface area contributed by atoms with E-state index < -0.39 is 0 Å². The molecule has 1 nitrogen and oxygen atoms in total. The first kappa shape index (κ1) is 8.13. The lowest BCUT2D eigenvalue weighted by Gasteiger charge is -1.96. The second kappa shape index (κ2) is 3.11. The number of aromatic nitrogens is 1. The maximum atomic E-state index is 12.3. The van der Waals surface area contributed by atoms with Crippen molar-refractivity contribution in [3.05, 3.63) is 34.9 Å². The number of benzene rings is 1. The summed E-state index contributed by atoms with van der Waals surface area (Å²) in [6, 6.07) is 7.59. The molecular formula is C8H5BrFNS. The van der Waals surface area contributed by atoms with Crippen LogP contribution in [0.15, 0.2) is 34.9 Å². The molecule has 0 saturated carbocycles. The van der Waals surface area contributed by atoms with Crippen molar-refractivity contribution in [1.29, 1.82) is 0 Å². The Labute approximate surface area is 82.1 Å². The summed E-state index contributed by atoms with van der Waals surface area (Å²) in [5, 5.41) is 1.03. The minimum absolute atomic E-state index is 0.209. The fourth-order valence-corrected chi connectivity index (χ4v) is 1.99. The van der Waals surface area contributed by atoms with Gasteiger partial charge in [0, 0.05) is 16.1 Å². The van der Waals surface area contributed by atoms with Crippen LogP contribution in [-0.4, -0.2) is 3.97 Å². The lowest BCUT2D eigenvalue weighted by Crippen LogP contribution is -1.78. The standard InChI is InChI=1S/C8H5BrFNS/c9-7-2-1-3-8-6(7)4-5-11(8)12-10/h1-5H. The topological polar surface area (TPSA) is 4.93 Å². The van der Waals surface area contributed by atoms with Crippen LogP contribution in [0.4, 0.5) is 3.89 Å². The summed E-state index contributed by atoms with van der Waals surface area (Å²) in [6.45, 7) is 0. The van der Waals surface area contributed by atoms with Crippen molar-refractivity contribution in [1.82, 2.24) is 3.97 Å². The molecule has 0 atom stereocenters. The lowest BCUT2D eigenvalue weighted by atomic mass is 10.3. The quantitative estimate of drug-likeness (QED) is 0.741. The summed E-state index contributed by atoms with van der Waals surface area (Å²) in [5.74, 6) is 0. The summed E-state index contributed by atoms with van der Waals surface area (Å²) < 4.78 is 14.8. The predicted molar refractivity (Wildman–Crippen MR) is 53.7 cm³/mol. The first-order valence-electron chi connectivity index (χ1n) is 3.37. The Bertz CT molecular complexity index is 412. The molecule has 0 bridgehead atoms. The second-order valence-electron chi connectivity index (χ2n) is 2.38. The van der Waals surface area contributed by atoms with E-state index in [1.165, 1.54) is 3.97 Å². The molecule has 1 aromatic heterocycles. The Morgan fingerprint density at radius 3 is 2.92 bits per heavy atom. The van der Waals surface area contributed by atoms with E-state index in [0.717, 1.165) is 15.4 Å². The van der Waals surface area contributed by atoms with Crippen LogP contribution in [0.25, 0.3) is 10.9 Å². The summed E-state index contributed by atoms with van der Waals surface area (Å²) in [4.78, 5) is 0. The lowest BCUT2D eigenvalue weighted by molar-refractivity contribution is 0.921. The van der Waals surface area contributed by atoms with Gasteiger partial charge >= 0.3 is 0 Å². The molecule has 0 unspecified atom stereocenters.